The van der Waals surface area contributed by atoms with Crippen molar-refractivity contribution < 1.29 is 14.3 Å². The minimum Gasteiger partial charge on any atom is -0.493 e. The van der Waals surface area contributed by atoms with E-state index in [0.29, 0.717) is 28.1 Å². The van der Waals surface area contributed by atoms with Gasteiger partial charge in [0.15, 0.2) is 16.6 Å². The first-order valence-electron chi connectivity index (χ1n) is 6.54. The zero-order valence-electron chi connectivity index (χ0n) is 12.5. The zero-order valence-corrected chi connectivity index (χ0v) is 13.3. The lowest BCUT2D eigenvalue weighted by Crippen LogP contribution is -2.13. The lowest BCUT2D eigenvalue weighted by molar-refractivity contribution is 0.102. The Morgan fingerprint density at radius 3 is 2.62 bits per heavy atom. The van der Waals surface area contributed by atoms with Crippen LogP contribution in [0.3, 0.4) is 0 Å². The molecule has 0 radical (unpaired) electrons. The van der Waals surface area contributed by atoms with Crippen LogP contribution in [0.1, 0.15) is 35.8 Å². The summed E-state index contributed by atoms with van der Waals surface area (Å²) in [5, 5.41) is 5.32. The number of benzene rings is 1. The van der Waals surface area contributed by atoms with Crippen LogP contribution in [-0.2, 0) is 0 Å². The maximum absolute atomic E-state index is 12.4. The Hall–Kier alpha value is -2.08. The Bertz CT molecular complexity index is 638. The number of anilines is 1. The first kappa shape index (κ1) is 15.3. The van der Waals surface area contributed by atoms with Crippen molar-refractivity contribution in [1.82, 2.24) is 4.98 Å². The number of amides is 1. The number of ether oxygens (including phenoxy) is 2. The van der Waals surface area contributed by atoms with Gasteiger partial charge in [-0.1, -0.05) is 19.9 Å². The second-order valence-electron chi connectivity index (χ2n) is 4.73. The van der Waals surface area contributed by atoms with Crippen LogP contribution >= 0.6 is 11.3 Å². The number of hydrogen-bond donors (Lipinski definition) is 1. The van der Waals surface area contributed by atoms with Gasteiger partial charge in [-0.15, -0.1) is 11.3 Å². The number of carbonyl (C=O) groups excluding carboxylic acids is 1. The molecule has 1 aromatic heterocycles. The Morgan fingerprint density at radius 1 is 1.29 bits per heavy atom. The molecule has 21 heavy (non-hydrogen) atoms. The average Bonchev–Trinajstić information content (AvgIpc) is 2.94. The van der Waals surface area contributed by atoms with Crippen molar-refractivity contribution in [2.45, 2.75) is 19.8 Å². The van der Waals surface area contributed by atoms with Crippen molar-refractivity contribution >= 4 is 22.4 Å². The molecule has 112 valence electrons. The second kappa shape index (κ2) is 6.58. The van der Waals surface area contributed by atoms with Gasteiger partial charge in [-0.2, -0.15) is 0 Å². The van der Waals surface area contributed by atoms with E-state index >= 15 is 0 Å². The highest BCUT2D eigenvalue weighted by atomic mass is 32.1. The molecular weight excluding hydrogens is 288 g/mol. The highest BCUT2D eigenvalue weighted by Crippen LogP contribution is 2.31. The fourth-order valence-electron chi connectivity index (χ4n) is 1.84. The van der Waals surface area contributed by atoms with Crippen molar-refractivity contribution in [2.24, 2.45) is 0 Å². The molecule has 5 nitrogen and oxygen atoms in total. The van der Waals surface area contributed by atoms with E-state index < -0.39 is 0 Å². The van der Waals surface area contributed by atoms with Gasteiger partial charge in [0, 0.05) is 5.38 Å². The van der Waals surface area contributed by atoms with Gasteiger partial charge in [0.05, 0.1) is 25.5 Å². The average molecular weight is 306 g/mol. The maximum Gasteiger partial charge on any atom is 0.261 e. The van der Waals surface area contributed by atoms with Crippen LogP contribution in [0.5, 0.6) is 11.5 Å². The standard InChI is InChI=1S/C15H18N2O3S/c1-9(2)11-8-21-15(16-11)17-14(18)10-6-5-7-12(19-3)13(10)20-4/h5-9H,1-4H3,(H,16,17,18). The van der Waals surface area contributed by atoms with Gasteiger partial charge < -0.3 is 9.47 Å². The van der Waals surface area contributed by atoms with Crippen LogP contribution in [0.2, 0.25) is 0 Å². The van der Waals surface area contributed by atoms with Crippen LogP contribution < -0.4 is 14.8 Å². The number of para-hydroxylation sites is 1. The number of nitrogens with one attached hydrogen (secondary N) is 1. The molecule has 0 unspecified atom stereocenters. The fraction of sp³-hybridized carbons (Fsp3) is 0.333. The second-order valence-corrected chi connectivity index (χ2v) is 5.59. The third-order valence-electron chi connectivity index (χ3n) is 2.98. The summed E-state index contributed by atoms with van der Waals surface area (Å²) in [6.07, 6.45) is 0. The normalized spacial score (nSPS) is 10.5. The van der Waals surface area contributed by atoms with Crippen molar-refractivity contribution in [3.63, 3.8) is 0 Å². The van der Waals surface area contributed by atoms with Gasteiger partial charge in [-0.25, -0.2) is 4.98 Å². The van der Waals surface area contributed by atoms with Crippen molar-refractivity contribution in [2.75, 3.05) is 19.5 Å². The lowest BCUT2D eigenvalue weighted by atomic mass is 10.1. The number of nitrogens with zero attached hydrogens (tertiary/aromatic N) is 1. The zero-order chi connectivity index (χ0) is 15.4. The molecule has 0 fully saturated rings. The number of hydrogen-bond acceptors (Lipinski definition) is 5. The lowest BCUT2D eigenvalue weighted by Gasteiger charge is -2.11. The molecule has 0 aliphatic carbocycles. The van der Waals surface area contributed by atoms with E-state index in [9.17, 15) is 4.79 Å². The molecule has 0 bridgehead atoms. The van der Waals surface area contributed by atoms with E-state index in [1.54, 1.807) is 18.2 Å². The summed E-state index contributed by atoms with van der Waals surface area (Å²) in [6, 6.07) is 5.18. The Kier molecular flexibility index (Phi) is 4.80. The molecule has 0 saturated carbocycles. The summed E-state index contributed by atoms with van der Waals surface area (Å²) >= 11 is 1.41. The van der Waals surface area contributed by atoms with Gasteiger partial charge in [-0.05, 0) is 18.1 Å². The number of methoxy groups -OCH3 is 2. The summed E-state index contributed by atoms with van der Waals surface area (Å²) in [5.74, 6) is 0.999. The van der Waals surface area contributed by atoms with Crippen LogP contribution in [0.4, 0.5) is 5.13 Å². The summed E-state index contributed by atoms with van der Waals surface area (Å²) in [7, 11) is 3.05. The Labute approximate surface area is 127 Å². The molecular formula is C15H18N2O3S. The molecule has 0 saturated heterocycles. The van der Waals surface area contributed by atoms with E-state index in [1.807, 2.05) is 5.38 Å². The molecule has 0 aliphatic heterocycles. The van der Waals surface area contributed by atoms with Crippen LogP contribution in [0, 0.1) is 0 Å². The molecule has 1 heterocycles. The first-order valence-corrected chi connectivity index (χ1v) is 7.42. The number of aromatic nitrogens is 1. The minimum absolute atomic E-state index is 0.268. The van der Waals surface area contributed by atoms with Crippen molar-refractivity contribution in [3.05, 3.63) is 34.8 Å². The van der Waals surface area contributed by atoms with Gasteiger partial charge in [-0.3, -0.25) is 10.1 Å². The monoisotopic (exact) mass is 306 g/mol. The van der Waals surface area contributed by atoms with Crippen molar-refractivity contribution in [3.8, 4) is 11.5 Å². The van der Waals surface area contributed by atoms with E-state index in [4.69, 9.17) is 9.47 Å². The molecule has 2 aromatic rings. The number of rotatable bonds is 5. The molecule has 1 amide bonds. The van der Waals surface area contributed by atoms with E-state index in [0.717, 1.165) is 5.69 Å². The van der Waals surface area contributed by atoms with Crippen LogP contribution in [0.25, 0.3) is 0 Å². The highest BCUT2D eigenvalue weighted by Gasteiger charge is 2.17. The molecule has 2 rings (SSSR count). The molecule has 0 atom stereocenters. The SMILES string of the molecule is COc1cccc(C(=O)Nc2nc(C(C)C)cs2)c1OC. The summed E-state index contributed by atoms with van der Waals surface area (Å²) in [5.41, 5.74) is 1.38. The summed E-state index contributed by atoms with van der Waals surface area (Å²) in [4.78, 5) is 16.7. The third kappa shape index (κ3) is 3.33. The van der Waals surface area contributed by atoms with E-state index in [-0.39, 0.29) is 5.91 Å². The molecule has 1 aromatic carbocycles. The largest absolute Gasteiger partial charge is 0.493 e. The predicted molar refractivity (Wildman–Crippen MR) is 83.7 cm³/mol. The Morgan fingerprint density at radius 2 is 2.05 bits per heavy atom. The fourth-order valence-corrected chi connectivity index (χ4v) is 2.71. The topological polar surface area (TPSA) is 60.5 Å². The highest BCUT2D eigenvalue weighted by molar-refractivity contribution is 7.14. The Balaban J connectivity index is 2.23. The number of carbonyl (C=O) groups is 1. The predicted octanol–water partition coefficient (Wildman–Crippen LogP) is 3.54. The maximum atomic E-state index is 12.4. The third-order valence-corrected chi connectivity index (χ3v) is 3.76. The van der Waals surface area contributed by atoms with Gasteiger partial charge in [0.2, 0.25) is 0 Å². The minimum atomic E-state index is -0.268. The van der Waals surface area contributed by atoms with Crippen molar-refractivity contribution in [1.29, 1.82) is 0 Å². The molecule has 0 spiro atoms. The number of thiazole rings is 1. The van der Waals surface area contributed by atoms with E-state index in [1.165, 1.54) is 25.6 Å². The molecule has 6 heteroatoms. The quantitative estimate of drug-likeness (QED) is 0.918. The summed E-state index contributed by atoms with van der Waals surface area (Å²) < 4.78 is 10.5. The van der Waals surface area contributed by atoms with Crippen LogP contribution in [-0.4, -0.2) is 25.1 Å². The van der Waals surface area contributed by atoms with Crippen LogP contribution in [0.15, 0.2) is 23.6 Å². The summed E-state index contributed by atoms with van der Waals surface area (Å²) in [6.45, 7) is 4.12. The van der Waals surface area contributed by atoms with Gasteiger partial charge >= 0.3 is 0 Å². The smallest absolute Gasteiger partial charge is 0.261 e. The molecule has 0 aliphatic rings. The first-order chi connectivity index (χ1) is 10.1. The van der Waals surface area contributed by atoms with Gasteiger partial charge in [0.1, 0.15) is 0 Å². The molecule has 1 N–H and O–H groups in total. The van der Waals surface area contributed by atoms with E-state index in [2.05, 4.69) is 24.1 Å². The van der Waals surface area contributed by atoms with Gasteiger partial charge in [0.25, 0.3) is 5.91 Å².